The lowest BCUT2D eigenvalue weighted by atomic mass is 9.82. The first-order valence-electron chi connectivity index (χ1n) is 19.2. The molecule has 0 aliphatic carbocycles. The fourth-order valence-corrected chi connectivity index (χ4v) is 9.44. The minimum Gasteiger partial charge on any atom is -0.504 e. The predicted molar refractivity (Wildman–Crippen MR) is 237 cm³/mol. The fourth-order valence-electron chi connectivity index (χ4n) is 9.44. The Hall–Kier alpha value is -7.76. The Kier molecular flexibility index (Phi) is 7.16. The van der Waals surface area contributed by atoms with Crippen LogP contribution in [0.2, 0.25) is 0 Å². The van der Waals surface area contributed by atoms with Crippen LogP contribution in [0.5, 0.6) is 28.7 Å². The summed E-state index contributed by atoms with van der Waals surface area (Å²) in [5.74, 6) is -4.32. The van der Waals surface area contributed by atoms with Gasteiger partial charge in [-0.1, -0.05) is 152 Å². The Labute approximate surface area is 332 Å². The first-order chi connectivity index (χ1) is 28.3. The molecule has 0 amide bonds. The number of phenols is 5. The highest BCUT2D eigenvalue weighted by atomic mass is 16.4. The van der Waals surface area contributed by atoms with E-state index in [0.717, 1.165) is 54.9 Å². The number of aryl methyl sites for hydroxylation is 1. The van der Waals surface area contributed by atoms with Crippen LogP contribution < -0.4 is 0 Å². The van der Waals surface area contributed by atoms with Gasteiger partial charge in [0.25, 0.3) is 0 Å². The van der Waals surface area contributed by atoms with Gasteiger partial charge in [-0.05, 0) is 117 Å². The Morgan fingerprint density at radius 3 is 1.53 bits per heavy atom. The van der Waals surface area contributed by atoms with E-state index in [1.54, 1.807) is 0 Å². The number of rotatable bonds is 4. The van der Waals surface area contributed by atoms with Crippen molar-refractivity contribution in [3.63, 3.8) is 0 Å². The molecule has 0 radical (unpaired) electrons. The summed E-state index contributed by atoms with van der Waals surface area (Å²) >= 11 is 0. The van der Waals surface area contributed by atoms with Gasteiger partial charge in [0.2, 0.25) is 17.2 Å². The van der Waals surface area contributed by atoms with Crippen LogP contribution in [-0.4, -0.2) is 25.5 Å². The summed E-state index contributed by atoms with van der Waals surface area (Å²) in [6, 6.07) is 54.6. The molecule has 11 rings (SSSR count). The van der Waals surface area contributed by atoms with Crippen molar-refractivity contribution in [3.8, 4) is 73.3 Å². The van der Waals surface area contributed by atoms with Crippen LogP contribution >= 0.6 is 0 Å². The number of phenolic OH excluding ortho intramolecular Hbond substituents is 5. The third kappa shape index (κ3) is 4.71. The third-order valence-corrected chi connectivity index (χ3v) is 12.0. The lowest BCUT2D eigenvalue weighted by Gasteiger charge is -2.22. The molecule has 0 saturated carbocycles. The average Bonchev–Trinajstić information content (AvgIpc) is 3.26. The molecule has 0 aliphatic rings. The number of hydrogen-bond acceptors (Lipinski definition) is 5. The van der Waals surface area contributed by atoms with Gasteiger partial charge in [0.15, 0.2) is 11.5 Å². The van der Waals surface area contributed by atoms with Crippen molar-refractivity contribution in [2.75, 3.05) is 0 Å². The van der Waals surface area contributed by atoms with E-state index in [4.69, 9.17) is 0 Å². The van der Waals surface area contributed by atoms with Gasteiger partial charge >= 0.3 is 0 Å². The Morgan fingerprint density at radius 2 is 0.810 bits per heavy atom. The topological polar surface area (TPSA) is 101 Å². The molecule has 58 heavy (non-hydrogen) atoms. The predicted octanol–water partition coefficient (Wildman–Crippen LogP) is 13.5. The van der Waals surface area contributed by atoms with Crippen LogP contribution in [0, 0.1) is 6.92 Å². The fraction of sp³-hybridized carbons (Fsp3) is 0.0189. The van der Waals surface area contributed by atoms with E-state index in [1.807, 2.05) is 60.7 Å². The molecule has 0 heterocycles. The van der Waals surface area contributed by atoms with Crippen LogP contribution in [-0.2, 0) is 0 Å². The highest BCUT2D eigenvalue weighted by Crippen LogP contribution is 2.58. The molecule has 5 nitrogen and oxygen atoms in total. The SMILES string of the molecule is Cc1cc2ccc3ccc(-c4cccc5c(-c6c7ccccc7c(-c7c(O)c(O)c(O)c(O)c7O)c7cc(-c8ccccc8)ccc67)cccc45)c4ccc(c1)c2c34. The molecule has 0 aromatic heterocycles. The summed E-state index contributed by atoms with van der Waals surface area (Å²) in [5, 5.41) is 67.3. The monoisotopic (exact) mass is 750 g/mol. The van der Waals surface area contributed by atoms with Gasteiger partial charge in [-0.2, -0.15) is 0 Å². The Balaban J connectivity index is 1.23. The van der Waals surface area contributed by atoms with E-state index < -0.39 is 28.7 Å². The van der Waals surface area contributed by atoms with Crippen molar-refractivity contribution < 1.29 is 25.5 Å². The summed E-state index contributed by atoms with van der Waals surface area (Å²) < 4.78 is 0. The quantitative estimate of drug-likeness (QED) is 0.0534. The molecule has 0 aliphatic heterocycles. The van der Waals surface area contributed by atoms with Gasteiger partial charge in [-0.25, -0.2) is 0 Å². The molecular weight excluding hydrogens is 717 g/mol. The molecule has 0 saturated heterocycles. The number of hydrogen-bond donors (Lipinski definition) is 5. The van der Waals surface area contributed by atoms with Gasteiger partial charge in [0, 0.05) is 5.56 Å². The van der Waals surface area contributed by atoms with E-state index in [0.29, 0.717) is 16.3 Å². The van der Waals surface area contributed by atoms with Crippen LogP contribution in [0.15, 0.2) is 158 Å². The van der Waals surface area contributed by atoms with Gasteiger partial charge in [0.1, 0.15) is 0 Å². The largest absolute Gasteiger partial charge is 0.504 e. The smallest absolute Gasteiger partial charge is 0.208 e. The summed E-state index contributed by atoms with van der Waals surface area (Å²) in [4.78, 5) is 0. The molecular formula is C53H34O5. The van der Waals surface area contributed by atoms with Gasteiger partial charge in [-0.3, -0.25) is 0 Å². The van der Waals surface area contributed by atoms with Crippen molar-refractivity contribution in [1.82, 2.24) is 0 Å². The van der Waals surface area contributed by atoms with Crippen LogP contribution in [0.25, 0.3) is 109 Å². The van der Waals surface area contributed by atoms with Crippen molar-refractivity contribution in [2.24, 2.45) is 0 Å². The van der Waals surface area contributed by atoms with Gasteiger partial charge in [-0.15, -0.1) is 0 Å². The zero-order valence-electron chi connectivity index (χ0n) is 31.2. The lowest BCUT2D eigenvalue weighted by Crippen LogP contribution is -1.94. The molecule has 0 fully saturated rings. The number of fused-ring (bicyclic) bond motifs is 3. The first-order valence-corrected chi connectivity index (χ1v) is 19.2. The molecule has 276 valence electrons. The molecule has 0 atom stereocenters. The molecule has 0 bridgehead atoms. The lowest BCUT2D eigenvalue weighted by molar-refractivity contribution is 0.330. The third-order valence-electron chi connectivity index (χ3n) is 12.0. The number of aromatic hydroxyl groups is 5. The van der Waals surface area contributed by atoms with E-state index in [-0.39, 0.29) is 5.56 Å². The van der Waals surface area contributed by atoms with E-state index in [9.17, 15) is 25.5 Å². The summed E-state index contributed by atoms with van der Waals surface area (Å²) in [6.45, 7) is 2.15. The second-order valence-electron chi connectivity index (χ2n) is 15.2. The van der Waals surface area contributed by atoms with E-state index >= 15 is 0 Å². The molecule has 5 N–H and O–H groups in total. The van der Waals surface area contributed by atoms with E-state index in [1.165, 1.54) is 37.9 Å². The molecule has 0 spiro atoms. The summed E-state index contributed by atoms with van der Waals surface area (Å²) in [6.07, 6.45) is 0. The second kappa shape index (κ2) is 12.4. The molecule has 5 heteroatoms. The van der Waals surface area contributed by atoms with Crippen LogP contribution in [0.1, 0.15) is 5.56 Å². The zero-order valence-corrected chi connectivity index (χ0v) is 31.2. The highest BCUT2D eigenvalue weighted by Gasteiger charge is 2.28. The summed E-state index contributed by atoms with van der Waals surface area (Å²) in [7, 11) is 0. The zero-order chi connectivity index (χ0) is 39.4. The van der Waals surface area contributed by atoms with Gasteiger partial charge < -0.3 is 25.5 Å². The Morgan fingerprint density at radius 1 is 0.293 bits per heavy atom. The van der Waals surface area contributed by atoms with E-state index in [2.05, 4.69) is 104 Å². The van der Waals surface area contributed by atoms with Crippen LogP contribution in [0.3, 0.4) is 0 Å². The van der Waals surface area contributed by atoms with Crippen molar-refractivity contribution >= 4 is 64.6 Å². The molecule has 0 unspecified atom stereocenters. The van der Waals surface area contributed by atoms with Gasteiger partial charge in [0.05, 0.1) is 5.56 Å². The standard InChI is InChI=1S/C53H34O5/c1-28-25-32-18-17-30-19-22-37(41-24-21-33(26-28)44(32)45(30)41)35-13-7-15-36-34(35)14-8-16-38(36)46-39-11-5-6-12-40(39)47(48-49(54)51(56)53(58)52(57)50(48)55)43-27-31(20-23-42(43)46)29-9-3-2-4-10-29/h2-27,54-58H,1H3. The normalized spacial score (nSPS) is 11.9. The molecule has 11 aromatic rings. The first kappa shape index (κ1) is 33.6. The maximum Gasteiger partial charge on any atom is 0.208 e. The number of benzene rings is 11. The minimum atomic E-state index is -1.000. The average molecular weight is 751 g/mol. The van der Waals surface area contributed by atoms with Crippen molar-refractivity contribution in [2.45, 2.75) is 6.92 Å². The maximum atomic E-state index is 11.4. The van der Waals surface area contributed by atoms with Crippen molar-refractivity contribution in [1.29, 1.82) is 0 Å². The van der Waals surface area contributed by atoms with Crippen molar-refractivity contribution in [3.05, 3.63) is 163 Å². The summed E-state index contributed by atoms with van der Waals surface area (Å²) in [5.41, 5.74) is 7.54. The minimum absolute atomic E-state index is 0.185. The molecule has 11 aromatic carbocycles. The maximum absolute atomic E-state index is 11.4. The Bertz CT molecular complexity index is 3470. The highest BCUT2D eigenvalue weighted by molar-refractivity contribution is 6.28. The van der Waals surface area contributed by atoms with Crippen LogP contribution in [0.4, 0.5) is 0 Å². The second-order valence-corrected chi connectivity index (χ2v) is 15.2.